The average molecular weight is 601 g/mol. The van der Waals surface area contributed by atoms with Crippen LogP contribution in [0.15, 0.2) is 156 Å². The maximum absolute atomic E-state index is 6.67. The van der Waals surface area contributed by atoms with E-state index >= 15 is 0 Å². The molecule has 0 aliphatic heterocycles. The zero-order chi connectivity index (χ0) is 30.2. The number of anilines is 3. The number of fused-ring (bicyclic) bond motifs is 3. The molecule has 0 spiro atoms. The Bertz CT molecular complexity index is 2230. The molecule has 0 N–H and O–H groups in total. The van der Waals surface area contributed by atoms with Crippen LogP contribution < -0.4 is 4.90 Å². The minimum Gasteiger partial charge on any atom is -0.455 e. The SMILES string of the molecule is Clc1nc(-c2ccccc2)nc(-c2cccc3c2oc2c(-c4ccc(N(c5ccccc5)c5ccccc5)cc4)cccc23)n1. The fourth-order valence-corrected chi connectivity index (χ4v) is 5.96. The largest absolute Gasteiger partial charge is 0.455 e. The lowest BCUT2D eigenvalue weighted by atomic mass is 10.0. The zero-order valence-corrected chi connectivity index (χ0v) is 24.8. The topological polar surface area (TPSA) is 55.1 Å². The number of furan rings is 1. The van der Waals surface area contributed by atoms with Gasteiger partial charge >= 0.3 is 0 Å². The van der Waals surface area contributed by atoms with Crippen LogP contribution >= 0.6 is 11.6 Å². The third-order valence-electron chi connectivity index (χ3n) is 7.87. The van der Waals surface area contributed by atoms with Gasteiger partial charge in [-0.25, -0.2) is 4.98 Å². The summed E-state index contributed by atoms with van der Waals surface area (Å²) in [6.07, 6.45) is 0. The molecule has 6 aromatic carbocycles. The molecule has 45 heavy (non-hydrogen) atoms. The van der Waals surface area contributed by atoms with E-state index in [2.05, 4.69) is 112 Å². The molecule has 5 nitrogen and oxygen atoms in total. The van der Waals surface area contributed by atoms with Crippen molar-refractivity contribution in [2.45, 2.75) is 0 Å². The summed E-state index contributed by atoms with van der Waals surface area (Å²) in [4.78, 5) is 15.9. The lowest BCUT2D eigenvalue weighted by molar-refractivity contribution is 0.670. The molecular weight excluding hydrogens is 576 g/mol. The molecule has 0 bridgehead atoms. The number of halogens is 1. The van der Waals surface area contributed by atoms with E-state index in [0.29, 0.717) is 17.2 Å². The number of hydrogen-bond donors (Lipinski definition) is 0. The maximum Gasteiger partial charge on any atom is 0.226 e. The smallest absolute Gasteiger partial charge is 0.226 e. The van der Waals surface area contributed by atoms with Crippen molar-refractivity contribution in [3.05, 3.63) is 157 Å². The van der Waals surface area contributed by atoms with E-state index < -0.39 is 0 Å². The summed E-state index contributed by atoms with van der Waals surface area (Å²) in [6.45, 7) is 0. The third-order valence-corrected chi connectivity index (χ3v) is 8.04. The molecule has 0 fully saturated rings. The van der Waals surface area contributed by atoms with Gasteiger partial charge in [0.15, 0.2) is 11.6 Å². The van der Waals surface area contributed by atoms with E-state index in [4.69, 9.17) is 21.0 Å². The Morgan fingerprint density at radius 3 is 1.56 bits per heavy atom. The predicted octanol–water partition coefficient (Wildman–Crippen LogP) is 10.9. The second-order valence-electron chi connectivity index (χ2n) is 10.6. The lowest BCUT2D eigenvalue weighted by Crippen LogP contribution is -2.09. The summed E-state index contributed by atoms with van der Waals surface area (Å²) in [5, 5.41) is 2.14. The van der Waals surface area contributed by atoms with Crippen LogP contribution in [0.5, 0.6) is 0 Å². The van der Waals surface area contributed by atoms with E-state index in [1.807, 2.05) is 54.6 Å². The highest BCUT2D eigenvalue weighted by Gasteiger charge is 2.19. The lowest BCUT2D eigenvalue weighted by Gasteiger charge is -2.25. The normalized spacial score (nSPS) is 11.2. The van der Waals surface area contributed by atoms with Crippen LogP contribution in [0.3, 0.4) is 0 Å². The molecule has 0 saturated carbocycles. The molecule has 8 aromatic rings. The molecule has 0 unspecified atom stereocenters. The Labute approximate surface area is 265 Å². The number of benzene rings is 6. The Hall–Kier alpha value is -5.78. The summed E-state index contributed by atoms with van der Waals surface area (Å²) in [5.41, 5.74) is 8.45. The Morgan fingerprint density at radius 1 is 0.422 bits per heavy atom. The van der Waals surface area contributed by atoms with Crippen molar-refractivity contribution >= 4 is 50.6 Å². The molecular formula is C39H25ClN4O. The van der Waals surface area contributed by atoms with Gasteiger partial charge in [0.05, 0.1) is 5.56 Å². The van der Waals surface area contributed by atoms with Gasteiger partial charge in [0.25, 0.3) is 0 Å². The highest BCUT2D eigenvalue weighted by atomic mass is 35.5. The Kier molecular flexibility index (Phi) is 6.78. The molecule has 0 atom stereocenters. The maximum atomic E-state index is 6.67. The van der Waals surface area contributed by atoms with E-state index in [0.717, 1.165) is 55.7 Å². The van der Waals surface area contributed by atoms with Crippen LogP contribution in [-0.4, -0.2) is 15.0 Å². The van der Waals surface area contributed by atoms with Gasteiger partial charge in [0.2, 0.25) is 5.28 Å². The van der Waals surface area contributed by atoms with E-state index in [-0.39, 0.29) is 5.28 Å². The van der Waals surface area contributed by atoms with Gasteiger partial charge in [-0.05, 0) is 59.6 Å². The summed E-state index contributed by atoms with van der Waals surface area (Å²) in [6, 6.07) is 51.4. The van der Waals surface area contributed by atoms with Crippen LogP contribution in [-0.2, 0) is 0 Å². The third kappa shape index (κ3) is 4.99. The average Bonchev–Trinajstić information content (AvgIpc) is 3.49. The molecule has 0 aliphatic carbocycles. The second-order valence-corrected chi connectivity index (χ2v) is 11.0. The second kappa shape index (κ2) is 11.4. The number of rotatable bonds is 6. The number of hydrogen-bond acceptors (Lipinski definition) is 5. The number of nitrogens with zero attached hydrogens (tertiary/aromatic N) is 4. The van der Waals surface area contributed by atoms with Crippen molar-refractivity contribution in [2.75, 3.05) is 4.90 Å². The van der Waals surface area contributed by atoms with Crippen LogP contribution in [0.25, 0.3) is 55.8 Å². The van der Waals surface area contributed by atoms with Gasteiger partial charge in [-0.15, -0.1) is 0 Å². The van der Waals surface area contributed by atoms with Gasteiger partial charge in [-0.1, -0.05) is 109 Å². The summed E-state index contributed by atoms with van der Waals surface area (Å²) >= 11 is 6.40. The van der Waals surface area contributed by atoms with Crippen molar-refractivity contribution < 1.29 is 4.42 Å². The summed E-state index contributed by atoms with van der Waals surface area (Å²) in [7, 11) is 0. The van der Waals surface area contributed by atoms with Crippen LogP contribution in [0.1, 0.15) is 0 Å². The van der Waals surface area contributed by atoms with E-state index in [1.54, 1.807) is 0 Å². The van der Waals surface area contributed by atoms with Gasteiger partial charge in [-0.2, -0.15) is 9.97 Å². The van der Waals surface area contributed by atoms with Crippen LogP contribution in [0.2, 0.25) is 5.28 Å². The summed E-state index contributed by atoms with van der Waals surface area (Å²) < 4.78 is 6.67. The minimum absolute atomic E-state index is 0.132. The molecule has 8 rings (SSSR count). The van der Waals surface area contributed by atoms with E-state index in [1.165, 1.54) is 0 Å². The van der Waals surface area contributed by atoms with Crippen molar-refractivity contribution in [1.29, 1.82) is 0 Å². The predicted molar refractivity (Wildman–Crippen MR) is 183 cm³/mol. The van der Waals surface area contributed by atoms with Gasteiger partial charge in [0.1, 0.15) is 11.2 Å². The van der Waals surface area contributed by atoms with Gasteiger partial charge in [0, 0.05) is 39.0 Å². The molecule has 0 saturated heterocycles. The highest BCUT2D eigenvalue weighted by Crippen LogP contribution is 2.41. The van der Waals surface area contributed by atoms with Crippen molar-refractivity contribution in [3.8, 4) is 33.9 Å². The molecule has 2 heterocycles. The first-order valence-corrected chi connectivity index (χ1v) is 15.0. The molecule has 0 amide bonds. The van der Waals surface area contributed by atoms with Crippen LogP contribution in [0.4, 0.5) is 17.1 Å². The first-order chi connectivity index (χ1) is 22.2. The first-order valence-electron chi connectivity index (χ1n) is 14.7. The van der Waals surface area contributed by atoms with Crippen LogP contribution in [0, 0.1) is 0 Å². The molecule has 214 valence electrons. The standard InChI is InChI=1S/C39H25ClN4O/c40-39-42-37(27-12-4-1-5-13-27)41-38(43-39)34-21-11-20-33-32-19-10-18-31(35(32)45-36(33)34)26-22-24-30(25-23-26)44(28-14-6-2-7-15-28)29-16-8-3-9-17-29/h1-25H. The van der Waals surface area contributed by atoms with Crippen molar-refractivity contribution in [2.24, 2.45) is 0 Å². The Balaban J connectivity index is 1.23. The van der Waals surface area contributed by atoms with E-state index in [9.17, 15) is 0 Å². The molecule has 0 aliphatic rings. The molecule has 6 heteroatoms. The van der Waals surface area contributed by atoms with Crippen molar-refractivity contribution in [3.63, 3.8) is 0 Å². The fourth-order valence-electron chi connectivity index (χ4n) is 5.80. The van der Waals surface area contributed by atoms with Gasteiger partial charge < -0.3 is 9.32 Å². The number of aromatic nitrogens is 3. The van der Waals surface area contributed by atoms with Gasteiger partial charge in [-0.3, -0.25) is 0 Å². The monoisotopic (exact) mass is 600 g/mol. The molecule has 0 radical (unpaired) electrons. The fraction of sp³-hybridized carbons (Fsp3) is 0. The molecule has 2 aromatic heterocycles. The number of para-hydroxylation sites is 4. The Morgan fingerprint density at radius 2 is 0.933 bits per heavy atom. The van der Waals surface area contributed by atoms with Crippen molar-refractivity contribution in [1.82, 2.24) is 15.0 Å². The zero-order valence-electron chi connectivity index (χ0n) is 24.0. The highest BCUT2D eigenvalue weighted by molar-refractivity contribution is 6.28. The first kappa shape index (κ1) is 26.8. The summed E-state index contributed by atoms with van der Waals surface area (Å²) in [5.74, 6) is 0.978. The minimum atomic E-state index is 0.132. The quantitative estimate of drug-likeness (QED) is 0.190.